The van der Waals surface area contributed by atoms with Crippen LogP contribution in [0.1, 0.15) is 42.9 Å². The van der Waals surface area contributed by atoms with E-state index in [9.17, 15) is 19.5 Å². The standard InChI is InChI=1S/C38H42ClFN4O5Si/c1-23-36(50(2,3)40)33(19-35(47)43-16-6-7-28(43)22-45)49-38(23)30-18-26(39)12-15-32(30)44(37(38)48)21-24-10-13-27(14-11-24)42-34(46)17-25-20-41-31-9-5-4-8-29(25)31/h4-5,8-15,18,20,23,28,33,36,41,45H,6-7,16-17,19,21-22H2,1-3H3,(H,42,46)/t23-,28-,33+,36-,38+/m0/s1. The van der Waals surface area contributed by atoms with Crippen molar-refractivity contribution in [1.82, 2.24) is 9.88 Å². The number of hydrogen-bond acceptors (Lipinski definition) is 5. The van der Waals surface area contributed by atoms with Crippen LogP contribution in [0, 0.1) is 5.92 Å². The molecule has 2 fully saturated rings. The Morgan fingerprint density at radius 2 is 1.90 bits per heavy atom. The molecular formula is C38H42ClFN4O5Si. The summed E-state index contributed by atoms with van der Waals surface area (Å²) in [5, 5.41) is 14.2. The third-order valence-corrected chi connectivity index (χ3v) is 13.5. The SMILES string of the molecule is C[C@H]1[C@H]([Si](C)(C)F)[C@@H](CC(=O)N2CCC[C@H]2CO)O[C@]12C(=O)N(Cc1ccc(NC(=O)Cc3c[nH]c4ccccc34)cc1)c1ccc(Cl)cc12. The fraction of sp³-hybridized carbons (Fsp3) is 0.395. The molecule has 1 spiro atoms. The maximum Gasteiger partial charge on any atom is 0.264 e. The van der Waals surface area contributed by atoms with Crippen molar-refractivity contribution in [1.29, 1.82) is 0 Å². The number of nitrogens with one attached hydrogen (secondary N) is 2. The molecule has 9 nitrogen and oxygen atoms in total. The van der Waals surface area contributed by atoms with Crippen molar-refractivity contribution >= 4 is 60.0 Å². The molecule has 2 saturated heterocycles. The van der Waals surface area contributed by atoms with Gasteiger partial charge in [0.25, 0.3) is 5.91 Å². The first-order chi connectivity index (χ1) is 23.9. The number of carbonyl (C=O) groups excluding carboxylic acids is 3. The molecule has 3 amide bonds. The summed E-state index contributed by atoms with van der Waals surface area (Å²) in [5.41, 5.74) is 2.42. The van der Waals surface area contributed by atoms with E-state index in [4.69, 9.17) is 16.3 Å². The number of benzene rings is 3. The van der Waals surface area contributed by atoms with Gasteiger partial charge in [-0.1, -0.05) is 48.9 Å². The average Bonchev–Trinajstić information content (AvgIpc) is 3.84. The Morgan fingerprint density at radius 1 is 1.14 bits per heavy atom. The second kappa shape index (κ2) is 13.3. The Bertz CT molecular complexity index is 1950. The fourth-order valence-corrected chi connectivity index (χ4v) is 11.2. The van der Waals surface area contributed by atoms with Crippen LogP contribution >= 0.6 is 11.6 Å². The number of hydrogen-bond donors (Lipinski definition) is 3. The summed E-state index contributed by atoms with van der Waals surface area (Å²) in [4.78, 5) is 47.7. The summed E-state index contributed by atoms with van der Waals surface area (Å²) in [7, 11) is -3.48. The van der Waals surface area contributed by atoms with E-state index in [1.165, 1.54) is 0 Å². The minimum atomic E-state index is -3.48. The van der Waals surface area contributed by atoms with Crippen molar-refractivity contribution < 1.29 is 28.3 Å². The zero-order valence-corrected chi connectivity index (χ0v) is 30.2. The van der Waals surface area contributed by atoms with Crippen LogP contribution in [0.4, 0.5) is 15.5 Å². The van der Waals surface area contributed by atoms with Gasteiger partial charge < -0.3 is 34.1 Å². The predicted octanol–water partition coefficient (Wildman–Crippen LogP) is 6.70. The van der Waals surface area contributed by atoms with E-state index in [1.807, 2.05) is 61.7 Å². The summed E-state index contributed by atoms with van der Waals surface area (Å²) in [5.74, 6) is -1.22. The van der Waals surface area contributed by atoms with Crippen LogP contribution in [-0.4, -0.2) is 66.4 Å². The summed E-state index contributed by atoms with van der Waals surface area (Å²) >= 11 is 6.51. The van der Waals surface area contributed by atoms with E-state index >= 15 is 4.11 Å². The molecule has 3 aliphatic heterocycles. The normalized spacial score (nSPS) is 24.8. The van der Waals surface area contributed by atoms with Gasteiger partial charge in [0.05, 0.1) is 43.8 Å². The summed E-state index contributed by atoms with van der Waals surface area (Å²) in [6.07, 6.45) is 2.72. The molecule has 3 aromatic carbocycles. The van der Waals surface area contributed by atoms with E-state index in [-0.39, 0.29) is 49.8 Å². The van der Waals surface area contributed by atoms with E-state index < -0.39 is 31.6 Å². The number of fused-ring (bicyclic) bond motifs is 3. The zero-order chi connectivity index (χ0) is 35.4. The van der Waals surface area contributed by atoms with Crippen LogP contribution in [-0.2, 0) is 37.7 Å². The second-order valence-electron chi connectivity index (χ2n) is 14.4. The number of carbonyl (C=O) groups is 3. The van der Waals surface area contributed by atoms with E-state index in [1.54, 1.807) is 41.1 Å². The molecule has 0 bridgehead atoms. The Hall–Kier alpha value is -4.03. The summed E-state index contributed by atoms with van der Waals surface area (Å²) < 4.78 is 23.0. The first-order valence-corrected chi connectivity index (χ1v) is 20.6. The predicted molar refractivity (Wildman–Crippen MR) is 194 cm³/mol. The van der Waals surface area contributed by atoms with Crippen LogP contribution in [0.2, 0.25) is 23.7 Å². The number of para-hydroxylation sites is 1. The van der Waals surface area contributed by atoms with Crippen molar-refractivity contribution in [2.45, 2.75) is 75.5 Å². The lowest BCUT2D eigenvalue weighted by Crippen LogP contribution is -2.45. The topological polar surface area (TPSA) is 115 Å². The first-order valence-electron chi connectivity index (χ1n) is 17.2. The van der Waals surface area contributed by atoms with Crippen molar-refractivity contribution in [3.63, 3.8) is 0 Å². The van der Waals surface area contributed by atoms with E-state index in [0.717, 1.165) is 34.9 Å². The molecule has 0 radical (unpaired) electrons. The second-order valence-corrected chi connectivity index (χ2v) is 18.6. The molecule has 12 heteroatoms. The van der Waals surface area contributed by atoms with Gasteiger partial charge in [-0.2, -0.15) is 0 Å². The Kier molecular flexibility index (Phi) is 9.13. The van der Waals surface area contributed by atoms with Gasteiger partial charge in [-0.3, -0.25) is 14.4 Å². The summed E-state index contributed by atoms with van der Waals surface area (Å²) in [6, 6.07) is 20.2. The highest BCUT2D eigenvalue weighted by molar-refractivity contribution is 6.72. The Labute approximate surface area is 296 Å². The van der Waals surface area contributed by atoms with Crippen LogP contribution in [0.3, 0.4) is 0 Å². The number of aromatic nitrogens is 1. The maximum atomic E-state index is 16.2. The van der Waals surface area contributed by atoms with Crippen LogP contribution in [0.5, 0.6) is 0 Å². The monoisotopic (exact) mass is 716 g/mol. The molecule has 3 N–H and O–H groups in total. The van der Waals surface area contributed by atoms with Gasteiger partial charge in [-0.15, -0.1) is 0 Å². The number of amides is 3. The highest BCUT2D eigenvalue weighted by Gasteiger charge is 2.67. The molecule has 5 atom stereocenters. The number of anilines is 2. The Balaban J connectivity index is 1.12. The lowest BCUT2D eigenvalue weighted by Gasteiger charge is -2.31. The number of H-pyrrole nitrogens is 1. The molecule has 50 heavy (non-hydrogen) atoms. The number of rotatable bonds is 9. The van der Waals surface area contributed by atoms with E-state index in [2.05, 4.69) is 10.3 Å². The number of aliphatic hydroxyl groups excluding tert-OH is 1. The first kappa shape index (κ1) is 34.4. The maximum absolute atomic E-state index is 16.2. The molecule has 0 saturated carbocycles. The molecule has 262 valence electrons. The van der Waals surface area contributed by atoms with Crippen molar-refractivity contribution in [3.05, 3.63) is 94.6 Å². The van der Waals surface area contributed by atoms with Gasteiger partial charge in [0.15, 0.2) is 5.60 Å². The molecule has 0 aliphatic carbocycles. The zero-order valence-electron chi connectivity index (χ0n) is 28.4. The van der Waals surface area contributed by atoms with Crippen molar-refractivity contribution in [3.8, 4) is 0 Å². The van der Waals surface area contributed by atoms with Crippen LogP contribution < -0.4 is 10.2 Å². The fourth-order valence-electron chi connectivity index (χ4n) is 8.55. The molecule has 4 aromatic rings. The number of aliphatic hydroxyl groups is 1. The van der Waals surface area contributed by atoms with Crippen LogP contribution in [0.15, 0.2) is 72.9 Å². The lowest BCUT2D eigenvalue weighted by atomic mass is 9.82. The van der Waals surface area contributed by atoms with Crippen LogP contribution in [0.25, 0.3) is 10.9 Å². The Morgan fingerprint density at radius 3 is 2.64 bits per heavy atom. The van der Waals surface area contributed by atoms with Gasteiger partial charge in [-0.25, -0.2) is 0 Å². The highest BCUT2D eigenvalue weighted by Crippen LogP contribution is 2.60. The lowest BCUT2D eigenvalue weighted by molar-refractivity contribution is -0.150. The largest absolute Gasteiger partial charge is 0.394 e. The van der Waals surface area contributed by atoms with Crippen molar-refractivity contribution in [2.75, 3.05) is 23.4 Å². The van der Waals surface area contributed by atoms with Crippen molar-refractivity contribution in [2.24, 2.45) is 5.92 Å². The molecular weight excluding hydrogens is 675 g/mol. The number of aromatic amines is 1. The number of ether oxygens (including phenoxy) is 1. The van der Waals surface area contributed by atoms with Gasteiger partial charge in [0, 0.05) is 51.4 Å². The summed E-state index contributed by atoms with van der Waals surface area (Å²) in [6.45, 7) is 5.70. The quantitative estimate of drug-likeness (QED) is 0.132. The molecule has 3 aliphatic rings. The molecule has 4 heterocycles. The van der Waals surface area contributed by atoms with E-state index in [0.29, 0.717) is 28.5 Å². The van der Waals surface area contributed by atoms with Gasteiger partial charge >= 0.3 is 0 Å². The third kappa shape index (κ3) is 6.04. The highest BCUT2D eigenvalue weighted by atomic mass is 35.5. The van der Waals surface area contributed by atoms with Gasteiger partial charge in [0.1, 0.15) is 0 Å². The molecule has 7 rings (SSSR count). The van der Waals surface area contributed by atoms with Gasteiger partial charge in [-0.05, 0) is 73.5 Å². The minimum Gasteiger partial charge on any atom is -0.394 e. The number of nitrogens with zero attached hydrogens (tertiary/aromatic N) is 2. The number of halogens is 2. The number of likely N-dealkylation sites (tertiary alicyclic amines) is 1. The molecule has 1 aromatic heterocycles. The minimum absolute atomic E-state index is 0.0652. The van der Waals surface area contributed by atoms with Gasteiger partial charge in [0.2, 0.25) is 20.2 Å². The smallest absolute Gasteiger partial charge is 0.264 e. The third-order valence-electron chi connectivity index (χ3n) is 10.8. The molecule has 0 unspecified atom stereocenters. The average molecular weight is 717 g/mol.